The summed E-state index contributed by atoms with van der Waals surface area (Å²) in [6, 6.07) is 5.40. The number of hydrogen-bond donors (Lipinski definition) is 0. The highest BCUT2D eigenvalue weighted by atomic mass is 28.4. The lowest BCUT2D eigenvalue weighted by Crippen LogP contribution is -2.45. The molecule has 0 N–H and O–H groups in total. The second kappa shape index (κ2) is 7.99. The van der Waals surface area contributed by atoms with Crippen LogP contribution in [0.1, 0.15) is 58.8 Å². The van der Waals surface area contributed by atoms with Gasteiger partial charge in [0.2, 0.25) is 0 Å². The lowest BCUT2D eigenvalue weighted by Gasteiger charge is -2.39. The van der Waals surface area contributed by atoms with Gasteiger partial charge >= 0.3 is 5.97 Å². The smallest absolute Gasteiger partial charge is 0.338 e. The number of esters is 1. The average Bonchev–Trinajstić information content (AvgIpc) is 2.46. The van der Waals surface area contributed by atoms with Crippen molar-refractivity contribution < 1.29 is 18.4 Å². The zero-order valence-electron chi connectivity index (χ0n) is 19.1. The third-order valence-corrected chi connectivity index (χ3v) is 14.5. The Morgan fingerprint density at radius 2 is 1.30 bits per heavy atom. The summed E-state index contributed by atoms with van der Waals surface area (Å²) in [4.78, 5) is 12.2. The number of carbonyl (C=O) groups excluding carboxylic acids is 1. The normalized spacial score (nSPS) is 13.3. The molecule has 0 aliphatic carbocycles. The van der Waals surface area contributed by atoms with Gasteiger partial charge in [-0.25, -0.2) is 4.79 Å². The standard InChI is InChI=1S/C21H38O4Si2/c1-12-23-19(22)16-13-14-17(24-26(8,9)20(2,3)4)18(15-16)25-27(10,11)21(5,6)7/h13-15H,12H2,1-11H3. The molecule has 0 heterocycles. The van der Waals surface area contributed by atoms with E-state index in [-0.39, 0.29) is 16.0 Å². The molecule has 0 aromatic heterocycles. The molecule has 0 saturated carbocycles. The summed E-state index contributed by atoms with van der Waals surface area (Å²) >= 11 is 0. The minimum Gasteiger partial charge on any atom is -0.541 e. The molecule has 0 bridgehead atoms. The first kappa shape index (κ1) is 23.8. The first-order valence-electron chi connectivity index (χ1n) is 9.71. The van der Waals surface area contributed by atoms with Gasteiger partial charge in [-0.3, -0.25) is 0 Å². The molecule has 0 radical (unpaired) electrons. The minimum atomic E-state index is -2.09. The third-order valence-electron chi connectivity index (χ3n) is 5.80. The first-order valence-corrected chi connectivity index (χ1v) is 15.5. The Labute approximate surface area is 167 Å². The molecule has 0 saturated heterocycles. The molecule has 1 rings (SSSR count). The first-order chi connectivity index (χ1) is 12.0. The summed E-state index contributed by atoms with van der Waals surface area (Å²) in [5, 5.41) is 0.113. The molecule has 0 atom stereocenters. The van der Waals surface area contributed by atoms with Gasteiger partial charge in [-0.1, -0.05) is 41.5 Å². The molecule has 6 heteroatoms. The van der Waals surface area contributed by atoms with Crippen LogP contribution in [0.25, 0.3) is 0 Å². The average molecular weight is 411 g/mol. The summed E-state index contributed by atoms with van der Waals surface area (Å²) in [5.41, 5.74) is 0.494. The number of rotatable bonds is 6. The molecule has 0 unspecified atom stereocenters. The van der Waals surface area contributed by atoms with E-state index >= 15 is 0 Å². The Bertz CT molecular complexity index is 668. The van der Waals surface area contributed by atoms with E-state index in [0.717, 1.165) is 5.75 Å². The van der Waals surface area contributed by atoms with Gasteiger partial charge in [0.25, 0.3) is 16.6 Å². The molecule has 154 valence electrons. The van der Waals surface area contributed by atoms with E-state index in [1.54, 1.807) is 19.1 Å². The summed E-state index contributed by atoms with van der Waals surface area (Å²) < 4.78 is 18.2. The summed E-state index contributed by atoms with van der Waals surface area (Å²) in [5.74, 6) is 1.04. The van der Waals surface area contributed by atoms with Gasteiger partial charge in [0, 0.05) is 0 Å². The molecule has 0 aliphatic heterocycles. The predicted molar refractivity (Wildman–Crippen MR) is 118 cm³/mol. The van der Waals surface area contributed by atoms with Crippen LogP contribution < -0.4 is 8.85 Å². The van der Waals surface area contributed by atoms with E-state index in [4.69, 9.17) is 13.6 Å². The molecule has 0 amide bonds. The molecule has 0 spiro atoms. The number of hydrogen-bond acceptors (Lipinski definition) is 4. The van der Waals surface area contributed by atoms with Crippen LogP contribution in [0.3, 0.4) is 0 Å². The second-order valence-corrected chi connectivity index (χ2v) is 19.6. The van der Waals surface area contributed by atoms with Gasteiger partial charge < -0.3 is 13.6 Å². The van der Waals surface area contributed by atoms with Crippen LogP contribution >= 0.6 is 0 Å². The fraction of sp³-hybridized carbons (Fsp3) is 0.667. The van der Waals surface area contributed by atoms with Crippen molar-refractivity contribution in [1.82, 2.24) is 0 Å². The quantitative estimate of drug-likeness (QED) is 0.390. The maximum Gasteiger partial charge on any atom is 0.338 e. The summed E-state index contributed by atoms with van der Waals surface area (Å²) in [6.45, 7) is 24.2. The SMILES string of the molecule is CCOC(=O)c1ccc(O[Si](C)(C)C(C)(C)C)c(O[Si](C)(C)C(C)(C)C)c1. The molecular weight excluding hydrogens is 372 g/mol. The largest absolute Gasteiger partial charge is 0.541 e. The Hall–Kier alpha value is -1.28. The van der Waals surface area contributed by atoms with Gasteiger partial charge in [-0.2, -0.15) is 0 Å². The third kappa shape index (κ3) is 5.85. The van der Waals surface area contributed by atoms with E-state index in [1.165, 1.54) is 0 Å². The molecule has 0 aliphatic rings. The number of benzene rings is 1. The van der Waals surface area contributed by atoms with Gasteiger partial charge in [-0.05, 0) is 61.4 Å². The van der Waals surface area contributed by atoms with E-state index < -0.39 is 16.6 Å². The Morgan fingerprint density at radius 1 is 0.852 bits per heavy atom. The highest BCUT2D eigenvalue weighted by molar-refractivity contribution is 6.75. The molecule has 4 nitrogen and oxygen atoms in total. The fourth-order valence-corrected chi connectivity index (χ4v) is 3.91. The van der Waals surface area contributed by atoms with Crippen molar-refractivity contribution >= 4 is 22.6 Å². The maximum atomic E-state index is 12.2. The van der Waals surface area contributed by atoms with Crippen LogP contribution in [0.2, 0.25) is 36.3 Å². The monoisotopic (exact) mass is 410 g/mol. The predicted octanol–water partition coefficient (Wildman–Crippen LogP) is 6.63. The van der Waals surface area contributed by atoms with E-state index in [2.05, 4.69) is 67.7 Å². The van der Waals surface area contributed by atoms with Crippen molar-refractivity contribution in [2.75, 3.05) is 6.61 Å². The second-order valence-electron chi connectivity index (χ2n) is 10.1. The Morgan fingerprint density at radius 3 is 1.70 bits per heavy atom. The van der Waals surface area contributed by atoms with Gasteiger partial charge in [0.15, 0.2) is 0 Å². The Balaban J connectivity index is 3.40. The molecule has 27 heavy (non-hydrogen) atoms. The molecule has 1 aromatic rings. The highest BCUT2D eigenvalue weighted by Gasteiger charge is 2.42. The highest BCUT2D eigenvalue weighted by Crippen LogP contribution is 2.43. The van der Waals surface area contributed by atoms with Crippen LogP contribution in [0, 0.1) is 0 Å². The number of carbonyl (C=O) groups is 1. The van der Waals surface area contributed by atoms with Crippen LogP contribution in [0.4, 0.5) is 0 Å². The minimum absolute atomic E-state index is 0.0428. The van der Waals surface area contributed by atoms with Crippen LogP contribution in [0.5, 0.6) is 11.5 Å². The molecular formula is C21H38O4Si2. The zero-order valence-corrected chi connectivity index (χ0v) is 21.1. The van der Waals surface area contributed by atoms with Gasteiger partial charge in [0.05, 0.1) is 12.2 Å². The van der Waals surface area contributed by atoms with E-state index in [1.807, 2.05) is 6.07 Å². The van der Waals surface area contributed by atoms with Crippen molar-refractivity contribution in [3.8, 4) is 11.5 Å². The summed E-state index contributed by atoms with van der Waals surface area (Å²) in [6.07, 6.45) is 0. The lowest BCUT2D eigenvalue weighted by atomic mass is 10.2. The van der Waals surface area contributed by atoms with Crippen molar-refractivity contribution in [1.29, 1.82) is 0 Å². The van der Waals surface area contributed by atoms with E-state index in [0.29, 0.717) is 17.9 Å². The lowest BCUT2D eigenvalue weighted by molar-refractivity contribution is 0.0526. The van der Waals surface area contributed by atoms with Crippen molar-refractivity contribution in [2.45, 2.75) is 84.7 Å². The topological polar surface area (TPSA) is 44.8 Å². The van der Waals surface area contributed by atoms with Crippen molar-refractivity contribution in [3.63, 3.8) is 0 Å². The van der Waals surface area contributed by atoms with Crippen molar-refractivity contribution in [2.24, 2.45) is 0 Å². The van der Waals surface area contributed by atoms with Gasteiger partial charge in [-0.15, -0.1) is 0 Å². The summed E-state index contributed by atoms with van der Waals surface area (Å²) in [7, 11) is -4.13. The van der Waals surface area contributed by atoms with Crippen LogP contribution in [0.15, 0.2) is 18.2 Å². The van der Waals surface area contributed by atoms with Gasteiger partial charge in [0.1, 0.15) is 11.5 Å². The fourth-order valence-electron chi connectivity index (χ4n) is 1.87. The van der Waals surface area contributed by atoms with E-state index in [9.17, 15) is 4.79 Å². The van der Waals surface area contributed by atoms with Crippen LogP contribution in [-0.2, 0) is 4.74 Å². The number of ether oxygens (including phenoxy) is 1. The molecule has 1 aromatic carbocycles. The maximum absolute atomic E-state index is 12.2. The zero-order chi connectivity index (χ0) is 21.3. The molecule has 0 fully saturated rings. The van der Waals surface area contributed by atoms with Crippen LogP contribution in [-0.4, -0.2) is 29.2 Å². The van der Waals surface area contributed by atoms with Crippen molar-refractivity contribution in [3.05, 3.63) is 23.8 Å². The Kier molecular flexibility index (Phi) is 7.03.